The highest BCUT2D eigenvalue weighted by atomic mass is 35.5. The summed E-state index contributed by atoms with van der Waals surface area (Å²) in [5.41, 5.74) is 0.924. The molecule has 0 bridgehead atoms. The molecule has 0 spiro atoms. The zero-order valence-corrected chi connectivity index (χ0v) is 14.4. The standard InChI is InChI=1S/C16H22Cl2N2O2/c1-11(13-7-8-14(17)15(18)10-13)20-16(22)6-4-3-5-9-19-12(2)21/h7-8,10-11H,3-6,9H2,1-2H3,(H,19,21)(H,20,22). The van der Waals surface area contributed by atoms with Gasteiger partial charge in [-0.3, -0.25) is 9.59 Å². The van der Waals surface area contributed by atoms with Crippen molar-refractivity contribution in [1.29, 1.82) is 0 Å². The molecule has 0 heterocycles. The number of benzene rings is 1. The van der Waals surface area contributed by atoms with E-state index in [9.17, 15) is 9.59 Å². The Morgan fingerprint density at radius 3 is 2.50 bits per heavy atom. The third kappa shape index (κ3) is 7.14. The van der Waals surface area contributed by atoms with E-state index >= 15 is 0 Å². The first-order valence-electron chi connectivity index (χ1n) is 7.39. The van der Waals surface area contributed by atoms with Gasteiger partial charge in [0.15, 0.2) is 0 Å². The van der Waals surface area contributed by atoms with E-state index in [1.807, 2.05) is 13.0 Å². The molecule has 0 saturated carbocycles. The molecular weight excluding hydrogens is 323 g/mol. The minimum atomic E-state index is -0.110. The van der Waals surface area contributed by atoms with Crippen LogP contribution in [0.25, 0.3) is 0 Å². The minimum absolute atomic E-state index is 0.0121. The first-order chi connectivity index (χ1) is 10.4. The molecule has 1 unspecified atom stereocenters. The Morgan fingerprint density at radius 2 is 1.86 bits per heavy atom. The fourth-order valence-corrected chi connectivity index (χ4v) is 2.34. The van der Waals surface area contributed by atoms with E-state index in [0.717, 1.165) is 24.8 Å². The van der Waals surface area contributed by atoms with E-state index in [-0.39, 0.29) is 17.9 Å². The van der Waals surface area contributed by atoms with Crippen LogP contribution in [-0.4, -0.2) is 18.4 Å². The highest BCUT2D eigenvalue weighted by Crippen LogP contribution is 2.25. The van der Waals surface area contributed by atoms with Crippen LogP contribution < -0.4 is 10.6 Å². The van der Waals surface area contributed by atoms with E-state index in [4.69, 9.17) is 23.2 Å². The summed E-state index contributed by atoms with van der Waals surface area (Å²) in [6.07, 6.45) is 3.08. The van der Waals surface area contributed by atoms with E-state index in [1.165, 1.54) is 6.92 Å². The highest BCUT2D eigenvalue weighted by Gasteiger charge is 2.10. The lowest BCUT2D eigenvalue weighted by atomic mass is 10.1. The summed E-state index contributed by atoms with van der Waals surface area (Å²) in [5, 5.41) is 6.66. The van der Waals surface area contributed by atoms with Gasteiger partial charge in [0.05, 0.1) is 16.1 Å². The Bertz CT molecular complexity index is 521. The zero-order valence-electron chi connectivity index (χ0n) is 12.9. The van der Waals surface area contributed by atoms with Crippen LogP contribution >= 0.6 is 23.2 Å². The van der Waals surface area contributed by atoms with Gasteiger partial charge in [0.1, 0.15) is 0 Å². The smallest absolute Gasteiger partial charge is 0.220 e. The number of unbranched alkanes of at least 4 members (excludes halogenated alkanes) is 2. The largest absolute Gasteiger partial charge is 0.356 e. The SMILES string of the molecule is CC(=O)NCCCCCC(=O)NC(C)c1ccc(Cl)c(Cl)c1. The molecule has 1 rings (SSSR count). The Morgan fingerprint density at radius 1 is 1.14 bits per heavy atom. The number of hydrogen-bond donors (Lipinski definition) is 2. The van der Waals surface area contributed by atoms with Crippen LogP contribution in [0.5, 0.6) is 0 Å². The lowest BCUT2D eigenvalue weighted by Crippen LogP contribution is -2.26. The van der Waals surface area contributed by atoms with Gasteiger partial charge in [0.2, 0.25) is 11.8 Å². The number of rotatable bonds is 8. The number of amides is 2. The maximum absolute atomic E-state index is 11.9. The molecule has 0 radical (unpaired) electrons. The fraction of sp³-hybridized carbons (Fsp3) is 0.500. The maximum Gasteiger partial charge on any atom is 0.220 e. The third-order valence-electron chi connectivity index (χ3n) is 3.28. The van der Waals surface area contributed by atoms with E-state index in [1.54, 1.807) is 12.1 Å². The van der Waals surface area contributed by atoms with Gasteiger partial charge in [-0.15, -0.1) is 0 Å². The molecule has 6 heteroatoms. The predicted molar refractivity (Wildman–Crippen MR) is 90.2 cm³/mol. The van der Waals surface area contributed by atoms with E-state index in [2.05, 4.69) is 10.6 Å². The lowest BCUT2D eigenvalue weighted by molar-refractivity contribution is -0.122. The van der Waals surface area contributed by atoms with Gasteiger partial charge in [-0.1, -0.05) is 35.7 Å². The lowest BCUT2D eigenvalue weighted by Gasteiger charge is -2.15. The first kappa shape index (κ1) is 18.8. The second-order valence-corrected chi connectivity index (χ2v) is 6.07. The molecule has 122 valence electrons. The van der Waals surface area contributed by atoms with Crippen molar-refractivity contribution in [2.24, 2.45) is 0 Å². The van der Waals surface area contributed by atoms with E-state index < -0.39 is 0 Å². The molecule has 0 aliphatic heterocycles. The highest BCUT2D eigenvalue weighted by molar-refractivity contribution is 6.42. The molecule has 1 atom stereocenters. The van der Waals surface area contributed by atoms with Gasteiger partial charge >= 0.3 is 0 Å². The molecule has 4 nitrogen and oxygen atoms in total. The molecule has 0 aliphatic carbocycles. The third-order valence-corrected chi connectivity index (χ3v) is 4.01. The summed E-state index contributed by atoms with van der Waals surface area (Å²) >= 11 is 11.8. The summed E-state index contributed by atoms with van der Waals surface area (Å²) in [4.78, 5) is 22.6. The van der Waals surface area contributed by atoms with Crippen LogP contribution in [0.1, 0.15) is 51.1 Å². The summed E-state index contributed by atoms with van der Waals surface area (Å²) in [6, 6.07) is 5.24. The Hall–Kier alpha value is -1.26. The summed E-state index contributed by atoms with van der Waals surface area (Å²) < 4.78 is 0. The summed E-state index contributed by atoms with van der Waals surface area (Å²) in [7, 11) is 0. The molecule has 22 heavy (non-hydrogen) atoms. The number of carbonyl (C=O) groups excluding carboxylic acids is 2. The normalized spacial score (nSPS) is 11.8. The van der Waals surface area contributed by atoms with Gasteiger partial charge in [0, 0.05) is 19.9 Å². The van der Waals surface area contributed by atoms with Crippen molar-refractivity contribution in [3.63, 3.8) is 0 Å². The Kier molecular flexibility index (Phi) is 8.28. The Balaban J connectivity index is 2.26. The zero-order chi connectivity index (χ0) is 16.5. The number of hydrogen-bond acceptors (Lipinski definition) is 2. The molecule has 2 amide bonds. The molecular formula is C16H22Cl2N2O2. The molecule has 0 aliphatic rings. The fourth-order valence-electron chi connectivity index (χ4n) is 2.03. The maximum atomic E-state index is 11.9. The van der Waals surface area contributed by atoms with Gasteiger partial charge in [-0.2, -0.15) is 0 Å². The first-order valence-corrected chi connectivity index (χ1v) is 8.14. The van der Waals surface area contributed by atoms with Gasteiger partial charge in [-0.25, -0.2) is 0 Å². The molecule has 2 N–H and O–H groups in total. The van der Waals surface area contributed by atoms with Crippen molar-refractivity contribution in [3.05, 3.63) is 33.8 Å². The van der Waals surface area contributed by atoms with Gasteiger partial charge < -0.3 is 10.6 Å². The second-order valence-electron chi connectivity index (χ2n) is 5.26. The monoisotopic (exact) mass is 344 g/mol. The van der Waals surface area contributed by atoms with Crippen molar-refractivity contribution in [2.45, 2.75) is 45.6 Å². The van der Waals surface area contributed by atoms with Crippen molar-refractivity contribution in [3.8, 4) is 0 Å². The topological polar surface area (TPSA) is 58.2 Å². The molecule has 0 saturated heterocycles. The number of halogens is 2. The quantitative estimate of drug-likeness (QED) is 0.703. The number of carbonyl (C=O) groups is 2. The molecule has 0 aromatic heterocycles. The van der Waals surface area contributed by atoms with Crippen molar-refractivity contribution in [2.75, 3.05) is 6.54 Å². The van der Waals surface area contributed by atoms with Crippen molar-refractivity contribution >= 4 is 35.0 Å². The summed E-state index contributed by atoms with van der Waals surface area (Å²) in [5.74, 6) is -0.00806. The Labute approximate surface area is 141 Å². The van der Waals surface area contributed by atoms with Crippen LogP contribution in [0, 0.1) is 0 Å². The van der Waals surface area contributed by atoms with Crippen LogP contribution in [0.2, 0.25) is 10.0 Å². The summed E-state index contributed by atoms with van der Waals surface area (Å²) in [6.45, 7) is 4.07. The van der Waals surface area contributed by atoms with Gasteiger partial charge in [-0.05, 0) is 37.5 Å². The average molecular weight is 345 g/mol. The molecule has 0 fully saturated rings. The van der Waals surface area contributed by atoms with Gasteiger partial charge in [0.25, 0.3) is 0 Å². The van der Waals surface area contributed by atoms with Crippen LogP contribution in [0.3, 0.4) is 0 Å². The average Bonchev–Trinajstić information content (AvgIpc) is 2.45. The van der Waals surface area contributed by atoms with Crippen molar-refractivity contribution < 1.29 is 9.59 Å². The number of nitrogens with one attached hydrogen (secondary N) is 2. The second kappa shape index (κ2) is 9.70. The minimum Gasteiger partial charge on any atom is -0.356 e. The predicted octanol–water partition coefficient (Wildman–Crippen LogP) is 3.87. The van der Waals surface area contributed by atoms with Crippen LogP contribution in [-0.2, 0) is 9.59 Å². The molecule has 1 aromatic carbocycles. The van der Waals surface area contributed by atoms with Crippen LogP contribution in [0.4, 0.5) is 0 Å². The molecule has 1 aromatic rings. The van der Waals surface area contributed by atoms with Crippen LogP contribution in [0.15, 0.2) is 18.2 Å². The van der Waals surface area contributed by atoms with E-state index in [0.29, 0.717) is 23.0 Å². The van der Waals surface area contributed by atoms with Crippen molar-refractivity contribution in [1.82, 2.24) is 10.6 Å².